The van der Waals surface area contributed by atoms with Crippen molar-refractivity contribution in [1.29, 1.82) is 0 Å². The van der Waals surface area contributed by atoms with Gasteiger partial charge in [-0.15, -0.1) is 0 Å². The van der Waals surface area contributed by atoms with E-state index in [9.17, 15) is 4.79 Å². The van der Waals surface area contributed by atoms with Crippen LogP contribution in [-0.2, 0) is 4.74 Å². The van der Waals surface area contributed by atoms with Crippen LogP contribution in [0.4, 0.5) is 5.69 Å². The van der Waals surface area contributed by atoms with Gasteiger partial charge in [-0.3, -0.25) is 0 Å². The number of carbonyl (C=O) groups excluding carboxylic acids is 1. The SMILES string of the molecule is CCCCNCCOC(=O)c1ccc(OCCCC)c(N)c1. The maximum Gasteiger partial charge on any atom is 0.338 e. The van der Waals surface area contributed by atoms with E-state index in [2.05, 4.69) is 19.2 Å². The van der Waals surface area contributed by atoms with Gasteiger partial charge in [0.2, 0.25) is 0 Å². The lowest BCUT2D eigenvalue weighted by molar-refractivity contribution is 0.0508. The first-order valence-corrected chi connectivity index (χ1v) is 8.09. The fraction of sp³-hybridized carbons (Fsp3) is 0.588. The Labute approximate surface area is 133 Å². The lowest BCUT2D eigenvalue weighted by Gasteiger charge is -2.10. The molecule has 0 aromatic heterocycles. The summed E-state index contributed by atoms with van der Waals surface area (Å²) in [5.74, 6) is 0.260. The Kier molecular flexibility index (Phi) is 9.07. The van der Waals surface area contributed by atoms with Crippen molar-refractivity contribution >= 4 is 11.7 Å². The molecule has 0 bridgehead atoms. The number of hydrogen-bond donors (Lipinski definition) is 2. The van der Waals surface area contributed by atoms with Crippen LogP contribution in [0, 0.1) is 0 Å². The van der Waals surface area contributed by atoms with Crippen LogP contribution in [0.25, 0.3) is 0 Å². The Morgan fingerprint density at radius 1 is 1.14 bits per heavy atom. The summed E-state index contributed by atoms with van der Waals surface area (Å²) in [7, 11) is 0. The van der Waals surface area contributed by atoms with Crippen LogP contribution in [0.1, 0.15) is 49.9 Å². The highest BCUT2D eigenvalue weighted by molar-refractivity contribution is 5.91. The lowest BCUT2D eigenvalue weighted by atomic mass is 10.2. The number of ether oxygens (including phenoxy) is 2. The molecule has 5 heteroatoms. The molecule has 1 rings (SSSR count). The fourth-order valence-electron chi connectivity index (χ4n) is 1.86. The Morgan fingerprint density at radius 2 is 1.91 bits per heavy atom. The molecule has 1 aromatic rings. The van der Waals surface area contributed by atoms with Crippen molar-refractivity contribution in [3.05, 3.63) is 23.8 Å². The molecule has 0 aliphatic heterocycles. The number of unbranched alkanes of at least 4 members (excludes halogenated alkanes) is 2. The second-order valence-corrected chi connectivity index (χ2v) is 5.19. The predicted octanol–water partition coefficient (Wildman–Crippen LogP) is 2.99. The van der Waals surface area contributed by atoms with E-state index < -0.39 is 0 Å². The average molecular weight is 308 g/mol. The number of nitrogens with one attached hydrogen (secondary N) is 1. The molecule has 0 spiro atoms. The molecule has 3 N–H and O–H groups in total. The molecule has 0 aliphatic rings. The standard InChI is InChI=1S/C17H28N2O3/c1-3-5-9-19-10-12-22-17(20)14-7-8-16(15(18)13-14)21-11-6-4-2/h7-8,13,19H,3-6,9-12,18H2,1-2H3. The summed E-state index contributed by atoms with van der Waals surface area (Å²) < 4.78 is 10.8. The van der Waals surface area contributed by atoms with Crippen LogP contribution in [0.15, 0.2) is 18.2 Å². The van der Waals surface area contributed by atoms with Crippen molar-refractivity contribution < 1.29 is 14.3 Å². The Balaban J connectivity index is 2.37. The molecule has 22 heavy (non-hydrogen) atoms. The maximum atomic E-state index is 11.9. The highest BCUT2D eigenvalue weighted by atomic mass is 16.5. The third-order valence-electron chi connectivity index (χ3n) is 3.22. The summed E-state index contributed by atoms with van der Waals surface area (Å²) in [6, 6.07) is 5.01. The van der Waals surface area contributed by atoms with Crippen molar-refractivity contribution in [2.24, 2.45) is 0 Å². The first kappa shape index (κ1) is 18.3. The molecule has 0 saturated heterocycles. The van der Waals surface area contributed by atoms with E-state index in [4.69, 9.17) is 15.2 Å². The largest absolute Gasteiger partial charge is 0.491 e. The first-order chi connectivity index (χ1) is 10.7. The van der Waals surface area contributed by atoms with Crippen molar-refractivity contribution in [2.45, 2.75) is 39.5 Å². The van der Waals surface area contributed by atoms with Crippen molar-refractivity contribution in [3.63, 3.8) is 0 Å². The molecule has 5 nitrogen and oxygen atoms in total. The third kappa shape index (κ3) is 6.80. The summed E-state index contributed by atoms with van der Waals surface area (Å²) in [4.78, 5) is 11.9. The molecule has 0 heterocycles. The smallest absolute Gasteiger partial charge is 0.338 e. The maximum absolute atomic E-state index is 11.9. The van der Waals surface area contributed by atoms with Crippen LogP contribution in [0.5, 0.6) is 5.75 Å². The van der Waals surface area contributed by atoms with Crippen LogP contribution >= 0.6 is 0 Å². The highest BCUT2D eigenvalue weighted by Crippen LogP contribution is 2.23. The molecule has 0 saturated carbocycles. The molecule has 0 fully saturated rings. The zero-order valence-electron chi connectivity index (χ0n) is 13.7. The molecule has 0 atom stereocenters. The zero-order valence-corrected chi connectivity index (χ0v) is 13.7. The number of nitrogen functional groups attached to an aromatic ring is 1. The third-order valence-corrected chi connectivity index (χ3v) is 3.22. The van der Waals surface area contributed by atoms with E-state index in [1.807, 2.05) is 0 Å². The Morgan fingerprint density at radius 3 is 2.59 bits per heavy atom. The number of benzene rings is 1. The molecule has 0 unspecified atom stereocenters. The number of anilines is 1. The molecule has 0 radical (unpaired) electrons. The first-order valence-electron chi connectivity index (χ1n) is 8.09. The van der Waals surface area contributed by atoms with E-state index in [1.54, 1.807) is 18.2 Å². The molecule has 124 valence electrons. The summed E-state index contributed by atoms with van der Waals surface area (Å²) in [6.07, 6.45) is 4.33. The number of esters is 1. The highest BCUT2D eigenvalue weighted by Gasteiger charge is 2.10. The minimum Gasteiger partial charge on any atom is -0.491 e. The van der Waals surface area contributed by atoms with Gasteiger partial charge in [-0.25, -0.2) is 4.79 Å². The summed E-state index contributed by atoms with van der Waals surface area (Å²) >= 11 is 0. The van der Waals surface area contributed by atoms with Gasteiger partial charge in [0, 0.05) is 6.54 Å². The zero-order chi connectivity index (χ0) is 16.2. The molecule has 0 amide bonds. The molecular weight excluding hydrogens is 280 g/mol. The monoisotopic (exact) mass is 308 g/mol. The predicted molar refractivity (Wildman–Crippen MR) is 89.3 cm³/mol. The summed E-state index contributed by atoms with van der Waals surface area (Å²) in [5, 5.41) is 3.22. The second-order valence-electron chi connectivity index (χ2n) is 5.19. The van der Waals surface area contributed by atoms with Gasteiger partial charge in [0.05, 0.1) is 17.9 Å². The number of rotatable bonds is 11. The van der Waals surface area contributed by atoms with Crippen LogP contribution in [-0.4, -0.2) is 32.3 Å². The van der Waals surface area contributed by atoms with Gasteiger partial charge in [-0.2, -0.15) is 0 Å². The topological polar surface area (TPSA) is 73.6 Å². The minimum absolute atomic E-state index is 0.357. The van der Waals surface area contributed by atoms with Crippen molar-refractivity contribution in [2.75, 3.05) is 32.0 Å². The van der Waals surface area contributed by atoms with E-state index in [0.717, 1.165) is 32.2 Å². The Bertz CT molecular complexity index is 450. The Hall–Kier alpha value is -1.75. The molecular formula is C17H28N2O3. The van der Waals surface area contributed by atoms with E-state index in [0.29, 0.717) is 36.8 Å². The normalized spacial score (nSPS) is 10.5. The lowest BCUT2D eigenvalue weighted by Crippen LogP contribution is -2.22. The molecule has 0 aliphatic carbocycles. The van der Waals surface area contributed by atoms with Crippen molar-refractivity contribution in [1.82, 2.24) is 5.32 Å². The summed E-state index contributed by atoms with van der Waals surface area (Å²) in [5.41, 5.74) is 6.82. The average Bonchev–Trinajstić information content (AvgIpc) is 2.52. The number of nitrogens with two attached hydrogens (primary N) is 1. The van der Waals surface area contributed by atoms with Gasteiger partial charge < -0.3 is 20.5 Å². The molecule has 1 aromatic carbocycles. The van der Waals surface area contributed by atoms with Gasteiger partial charge in [-0.05, 0) is 37.6 Å². The van der Waals surface area contributed by atoms with E-state index in [-0.39, 0.29) is 5.97 Å². The van der Waals surface area contributed by atoms with Gasteiger partial charge in [-0.1, -0.05) is 26.7 Å². The van der Waals surface area contributed by atoms with Crippen LogP contribution in [0.3, 0.4) is 0 Å². The minimum atomic E-state index is -0.357. The van der Waals surface area contributed by atoms with Crippen LogP contribution < -0.4 is 15.8 Å². The van der Waals surface area contributed by atoms with E-state index in [1.165, 1.54) is 0 Å². The quantitative estimate of drug-likeness (QED) is 0.373. The second kappa shape index (κ2) is 10.9. The number of hydrogen-bond acceptors (Lipinski definition) is 5. The van der Waals surface area contributed by atoms with Gasteiger partial charge in [0.1, 0.15) is 12.4 Å². The summed E-state index contributed by atoms with van der Waals surface area (Å²) in [6.45, 7) is 6.85. The number of carbonyl (C=O) groups is 1. The van der Waals surface area contributed by atoms with Crippen LogP contribution in [0.2, 0.25) is 0 Å². The van der Waals surface area contributed by atoms with Gasteiger partial charge in [0.15, 0.2) is 0 Å². The van der Waals surface area contributed by atoms with E-state index >= 15 is 0 Å². The fourth-order valence-corrected chi connectivity index (χ4v) is 1.86. The van der Waals surface area contributed by atoms with Gasteiger partial charge in [0.25, 0.3) is 0 Å². The van der Waals surface area contributed by atoms with Gasteiger partial charge >= 0.3 is 5.97 Å². The van der Waals surface area contributed by atoms with Crippen molar-refractivity contribution in [3.8, 4) is 5.75 Å².